The molecule has 2 aromatic heterocycles. The molecular formula is C28H23BrFN5O2. The summed E-state index contributed by atoms with van der Waals surface area (Å²) in [6.45, 7) is 2.19. The lowest BCUT2D eigenvalue weighted by Gasteiger charge is -2.27. The van der Waals surface area contributed by atoms with Crippen LogP contribution in [0, 0.1) is 17.1 Å². The number of fused-ring (bicyclic) bond motifs is 3. The Hall–Kier alpha value is -4.00. The summed E-state index contributed by atoms with van der Waals surface area (Å²) in [6.07, 6.45) is 5.85. The van der Waals surface area contributed by atoms with Gasteiger partial charge in [-0.15, -0.1) is 0 Å². The van der Waals surface area contributed by atoms with E-state index < -0.39 is 0 Å². The van der Waals surface area contributed by atoms with E-state index in [9.17, 15) is 19.6 Å². The number of nitrogens with zero attached hydrogens (tertiary/aromatic N) is 4. The average molecular weight is 560 g/mol. The summed E-state index contributed by atoms with van der Waals surface area (Å²) < 4.78 is 16.5. The van der Waals surface area contributed by atoms with Gasteiger partial charge in [0.2, 0.25) is 5.88 Å². The summed E-state index contributed by atoms with van der Waals surface area (Å²) in [4.78, 5) is 19.3. The van der Waals surface area contributed by atoms with Gasteiger partial charge in [0.1, 0.15) is 5.82 Å². The normalized spacial score (nSPS) is 13.5. The molecule has 1 aliphatic heterocycles. The molecule has 0 spiro atoms. The second-order valence-electron chi connectivity index (χ2n) is 8.84. The van der Waals surface area contributed by atoms with Crippen LogP contribution in [0.5, 0.6) is 5.88 Å². The van der Waals surface area contributed by atoms with Gasteiger partial charge in [0.15, 0.2) is 0 Å². The molecule has 0 atom stereocenters. The van der Waals surface area contributed by atoms with Crippen LogP contribution in [0.1, 0.15) is 27.9 Å². The van der Waals surface area contributed by atoms with Gasteiger partial charge < -0.3 is 10.4 Å². The van der Waals surface area contributed by atoms with Crippen LogP contribution in [-0.4, -0.2) is 38.7 Å². The van der Waals surface area contributed by atoms with E-state index in [1.807, 2.05) is 18.2 Å². The number of nitrogens with one attached hydrogen (secondary N) is 1. The maximum absolute atomic E-state index is 14.2. The molecule has 37 heavy (non-hydrogen) atoms. The molecule has 0 radical (unpaired) electrons. The van der Waals surface area contributed by atoms with E-state index in [1.54, 1.807) is 34.9 Å². The van der Waals surface area contributed by atoms with E-state index in [0.717, 1.165) is 34.3 Å². The predicted octanol–water partition coefficient (Wildman–Crippen LogP) is 5.34. The maximum atomic E-state index is 14.2. The van der Waals surface area contributed by atoms with E-state index in [2.05, 4.69) is 37.2 Å². The molecule has 5 rings (SSSR count). The molecular weight excluding hydrogens is 537 g/mol. The molecule has 4 aromatic rings. The van der Waals surface area contributed by atoms with E-state index in [-0.39, 0.29) is 24.3 Å². The largest absolute Gasteiger partial charge is 0.493 e. The number of hydrogen-bond donors (Lipinski definition) is 2. The maximum Gasteiger partial charge on any atom is 0.326 e. The Labute approximate surface area is 221 Å². The van der Waals surface area contributed by atoms with Crippen molar-refractivity contribution in [2.75, 3.05) is 13.1 Å². The van der Waals surface area contributed by atoms with Crippen molar-refractivity contribution < 1.29 is 14.3 Å². The molecule has 0 unspecified atom stereocenters. The van der Waals surface area contributed by atoms with E-state index in [1.165, 1.54) is 18.3 Å². The third-order valence-electron chi connectivity index (χ3n) is 6.44. The van der Waals surface area contributed by atoms with Crippen molar-refractivity contribution in [3.63, 3.8) is 0 Å². The summed E-state index contributed by atoms with van der Waals surface area (Å²) >= 11 is 3.27. The molecule has 0 aliphatic carbocycles. The summed E-state index contributed by atoms with van der Waals surface area (Å²) in [6, 6.07) is 15.5. The standard InChI is InChI=1S/C28H23BrFN5O2/c29-21-5-4-20(24(30)14-21)2-1-10-34-11-8-26-23(17-34)22-12-18(15-31)3-6-25(22)35(26)28(37)33-16-19-7-9-32-27(36)13-19/h1-7,9,12-14H,8,10-11,16-17H2,(H,32,36)(H,33,37). The van der Waals surface area contributed by atoms with Gasteiger partial charge in [0.25, 0.3) is 0 Å². The number of aromatic nitrogens is 2. The highest BCUT2D eigenvalue weighted by Gasteiger charge is 2.26. The summed E-state index contributed by atoms with van der Waals surface area (Å²) in [5.74, 6) is -0.386. The number of nitriles is 1. The summed E-state index contributed by atoms with van der Waals surface area (Å²) in [7, 11) is 0. The molecule has 0 fully saturated rings. The molecule has 1 aliphatic rings. The topological polar surface area (TPSA) is 94.2 Å². The molecule has 186 valence electrons. The second-order valence-corrected chi connectivity index (χ2v) is 9.75. The van der Waals surface area contributed by atoms with Gasteiger partial charge in [0, 0.05) is 66.0 Å². The van der Waals surface area contributed by atoms with Crippen LogP contribution in [0.25, 0.3) is 17.0 Å². The van der Waals surface area contributed by atoms with Crippen molar-refractivity contribution >= 4 is 38.9 Å². The number of carbonyl (C=O) groups is 1. The zero-order chi connectivity index (χ0) is 25.9. The van der Waals surface area contributed by atoms with Crippen LogP contribution >= 0.6 is 15.9 Å². The van der Waals surface area contributed by atoms with E-state index >= 15 is 0 Å². The third-order valence-corrected chi connectivity index (χ3v) is 6.93. The number of aromatic hydroxyl groups is 1. The van der Waals surface area contributed by atoms with Gasteiger partial charge in [-0.2, -0.15) is 5.26 Å². The lowest BCUT2D eigenvalue weighted by atomic mass is 10.0. The monoisotopic (exact) mass is 559 g/mol. The van der Waals surface area contributed by atoms with Crippen molar-refractivity contribution in [1.82, 2.24) is 19.8 Å². The Balaban J connectivity index is 1.39. The van der Waals surface area contributed by atoms with E-state index in [4.69, 9.17) is 0 Å². The zero-order valence-electron chi connectivity index (χ0n) is 19.8. The molecule has 7 nitrogen and oxygen atoms in total. The number of rotatable bonds is 5. The van der Waals surface area contributed by atoms with Gasteiger partial charge in [-0.3, -0.25) is 9.47 Å². The highest BCUT2D eigenvalue weighted by Crippen LogP contribution is 2.32. The first-order valence-electron chi connectivity index (χ1n) is 11.8. The molecule has 2 aromatic carbocycles. The van der Waals surface area contributed by atoms with Crippen molar-refractivity contribution in [2.24, 2.45) is 0 Å². The SMILES string of the molecule is N#Cc1ccc2c(c1)c1c(n2C(=O)NCc2ccnc(O)c2)CCN(CC=Cc2ccc(Br)cc2F)C1. The second kappa shape index (κ2) is 10.5. The number of hydrogen-bond acceptors (Lipinski definition) is 5. The van der Waals surface area contributed by atoms with Crippen LogP contribution in [0.2, 0.25) is 0 Å². The molecule has 0 saturated carbocycles. The smallest absolute Gasteiger partial charge is 0.326 e. The van der Waals surface area contributed by atoms with Crippen molar-refractivity contribution in [3.8, 4) is 11.9 Å². The fraction of sp³-hybridized carbons (Fsp3) is 0.179. The number of benzene rings is 2. The first kappa shape index (κ1) is 24.7. The Kier molecular flexibility index (Phi) is 7.04. The predicted molar refractivity (Wildman–Crippen MR) is 142 cm³/mol. The lowest BCUT2D eigenvalue weighted by Crippen LogP contribution is -2.34. The van der Waals surface area contributed by atoms with E-state index in [0.29, 0.717) is 35.1 Å². The van der Waals surface area contributed by atoms with Crippen molar-refractivity contribution in [3.05, 3.63) is 99.0 Å². The molecule has 0 bridgehead atoms. The van der Waals surface area contributed by atoms with Gasteiger partial charge in [-0.1, -0.05) is 34.1 Å². The number of pyridine rings is 1. The molecule has 9 heteroatoms. The molecule has 1 amide bonds. The first-order chi connectivity index (χ1) is 17.9. The van der Waals surface area contributed by atoms with Gasteiger partial charge in [-0.05, 0) is 47.5 Å². The first-order valence-corrected chi connectivity index (χ1v) is 12.5. The van der Waals surface area contributed by atoms with Crippen LogP contribution < -0.4 is 5.32 Å². The summed E-state index contributed by atoms with van der Waals surface area (Å²) in [5, 5.41) is 22.9. The number of halogens is 2. The van der Waals surface area contributed by atoms with Crippen LogP contribution in [-0.2, 0) is 19.5 Å². The Morgan fingerprint density at radius 2 is 2.11 bits per heavy atom. The van der Waals surface area contributed by atoms with Crippen LogP contribution in [0.3, 0.4) is 0 Å². The Morgan fingerprint density at radius 3 is 2.89 bits per heavy atom. The quantitative estimate of drug-likeness (QED) is 0.344. The third kappa shape index (κ3) is 5.26. The minimum absolute atomic E-state index is 0.100. The van der Waals surface area contributed by atoms with Gasteiger partial charge >= 0.3 is 6.03 Å². The molecule has 3 heterocycles. The average Bonchev–Trinajstić information content (AvgIpc) is 3.21. The highest BCUT2D eigenvalue weighted by molar-refractivity contribution is 9.10. The lowest BCUT2D eigenvalue weighted by molar-refractivity contribution is 0.240. The highest BCUT2D eigenvalue weighted by atomic mass is 79.9. The fourth-order valence-corrected chi connectivity index (χ4v) is 5.00. The minimum atomic E-state index is -0.286. The number of amides is 1. The van der Waals surface area contributed by atoms with Crippen molar-refractivity contribution in [2.45, 2.75) is 19.5 Å². The molecule has 2 N–H and O–H groups in total. The Bertz CT molecular complexity index is 1570. The zero-order valence-corrected chi connectivity index (χ0v) is 21.4. The Morgan fingerprint density at radius 1 is 1.24 bits per heavy atom. The summed E-state index contributed by atoms with van der Waals surface area (Å²) in [5.41, 5.74) is 4.46. The minimum Gasteiger partial charge on any atom is -0.493 e. The van der Waals surface area contributed by atoms with Crippen molar-refractivity contribution in [1.29, 1.82) is 5.26 Å². The van der Waals surface area contributed by atoms with Crippen LogP contribution in [0.15, 0.2) is 65.3 Å². The van der Waals surface area contributed by atoms with Gasteiger partial charge in [-0.25, -0.2) is 14.2 Å². The van der Waals surface area contributed by atoms with Gasteiger partial charge in [0.05, 0.1) is 17.1 Å². The fourth-order valence-electron chi connectivity index (χ4n) is 4.66. The number of carbonyl (C=O) groups excluding carboxylic acids is 1. The molecule has 0 saturated heterocycles. The van der Waals surface area contributed by atoms with Crippen LogP contribution in [0.4, 0.5) is 9.18 Å².